The van der Waals surface area contributed by atoms with E-state index in [0.29, 0.717) is 6.61 Å². The number of ether oxygens (including phenoxy) is 1. The van der Waals surface area contributed by atoms with Crippen LogP contribution in [0.2, 0.25) is 0 Å². The van der Waals surface area contributed by atoms with E-state index in [2.05, 4.69) is 4.98 Å². The number of fused-ring (bicyclic) bond motifs is 1. The molecule has 16 heavy (non-hydrogen) atoms. The van der Waals surface area contributed by atoms with Crippen LogP contribution in [-0.4, -0.2) is 17.4 Å². The maximum atomic E-state index is 11.5. The second kappa shape index (κ2) is 4.00. The van der Waals surface area contributed by atoms with E-state index in [9.17, 15) is 4.79 Å². The number of hydrogen-bond acceptors (Lipinski definition) is 2. The monoisotopic (exact) mass is 217 g/mol. The summed E-state index contributed by atoms with van der Waals surface area (Å²) < 4.78 is 5.43. The Balaban J connectivity index is 2.64. The number of ketones is 1. The fourth-order valence-corrected chi connectivity index (χ4v) is 2.02. The van der Waals surface area contributed by atoms with Gasteiger partial charge in [-0.25, -0.2) is 0 Å². The van der Waals surface area contributed by atoms with Crippen LogP contribution in [0, 0.1) is 6.92 Å². The molecule has 1 aromatic heterocycles. The number of aromatic nitrogens is 1. The first kappa shape index (κ1) is 10.7. The summed E-state index contributed by atoms with van der Waals surface area (Å²) >= 11 is 0. The molecule has 0 saturated heterocycles. The lowest BCUT2D eigenvalue weighted by Crippen LogP contribution is -1.94. The summed E-state index contributed by atoms with van der Waals surface area (Å²) in [6, 6.07) is 5.77. The molecule has 2 rings (SSSR count). The summed E-state index contributed by atoms with van der Waals surface area (Å²) in [6.45, 7) is 6.07. The number of aromatic amines is 1. The Kier molecular flexibility index (Phi) is 2.69. The zero-order chi connectivity index (χ0) is 11.7. The zero-order valence-corrected chi connectivity index (χ0v) is 9.76. The summed E-state index contributed by atoms with van der Waals surface area (Å²) in [7, 11) is 0. The number of benzene rings is 1. The number of rotatable bonds is 3. The van der Waals surface area contributed by atoms with Crippen molar-refractivity contribution in [3.05, 3.63) is 29.5 Å². The highest BCUT2D eigenvalue weighted by molar-refractivity contribution is 6.08. The molecule has 0 amide bonds. The van der Waals surface area contributed by atoms with Gasteiger partial charge in [0.05, 0.1) is 6.61 Å². The molecule has 0 fully saturated rings. The molecule has 84 valence electrons. The van der Waals surface area contributed by atoms with Crippen LogP contribution in [0.4, 0.5) is 0 Å². The predicted molar refractivity (Wildman–Crippen MR) is 64.2 cm³/mol. The lowest BCUT2D eigenvalue weighted by Gasteiger charge is -2.02. The van der Waals surface area contributed by atoms with Crippen molar-refractivity contribution >= 4 is 16.7 Å². The highest BCUT2D eigenvalue weighted by Crippen LogP contribution is 2.26. The van der Waals surface area contributed by atoms with Crippen molar-refractivity contribution in [2.24, 2.45) is 0 Å². The van der Waals surface area contributed by atoms with Gasteiger partial charge in [-0.05, 0) is 39.0 Å². The largest absolute Gasteiger partial charge is 0.494 e. The Bertz CT molecular complexity index is 540. The summed E-state index contributed by atoms with van der Waals surface area (Å²) in [5, 5.41) is 0.941. The zero-order valence-electron chi connectivity index (χ0n) is 9.76. The van der Waals surface area contributed by atoms with Crippen molar-refractivity contribution in [1.29, 1.82) is 0 Å². The lowest BCUT2D eigenvalue weighted by molar-refractivity contribution is 0.101. The van der Waals surface area contributed by atoms with Gasteiger partial charge in [0.15, 0.2) is 5.78 Å². The third-order valence-electron chi connectivity index (χ3n) is 2.62. The third kappa shape index (κ3) is 1.69. The van der Waals surface area contributed by atoms with Crippen molar-refractivity contribution in [1.82, 2.24) is 4.98 Å². The minimum Gasteiger partial charge on any atom is -0.494 e. The van der Waals surface area contributed by atoms with E-state index >= 15 is 0 Å². The molecule has 1 heterocycles. The standard InChI is InChI=1S/C13H15NO2/c1-4-16-10-5-6-12-11(7-10)13(9(3)15)8(2)14-12/h5-7,14H,4H2,1-3H3. The van der Waals surface area contributed by atoms with Gasteiger partial charge in [0.1, 0.15) is 5.75 Å². The molecule has 0 unspecified atom stereocenters. The number of nitrogens with one attached hydrogen (secondary N) is 1. The Morgan fingerprint density at radius 2 is 2.19 bits per heavy atom. The lowest BCUT2D eigenvalue weighted by atomic mass is 10.1. The van der Waals surface area contributed by atoms with Gasteiger partial charge in [-0.15, -0.1) is 0 Å². The Morgan fingerprint density at radius 3 is 2.81 bits per heavy atom. The average molecular weight is 217 g/mol. The number of hydrogen-bond donors (Lipinski definition) is 1. The summed E-state index contributed by atoms with van der Waals surface area (Å²) in [5.41, 5.74) is 2.65. The molecule has 0 saturated carbocycles. The van der Waals surface area contributed by atoms with E-state index in [1.54, 1.807) is 6.92 Å². The van der Waals surface area contributed by atoms with Gasteiger partial charge < -0.3 is 9.72 Å². The molecule has 1 aromatic carbocycles. The maximum Gasteiger partial charge on any atom is 0.162 e. The molecule has 0 aliphatic carbocycles. The average Bonchev–Trinajstić information content (AvgIpc) is 2.53. The molecule has 1 N–H and O–H groups in total. The minimum atomic E-state index is 0.0809. The molecule has 0 radical (unpaired) electrons. The molecular weight excluding hydrogens is 202 g/mol. The van der Waals surface area contributed by atoms with Crippen LogP contribution in [-0.2, 0) is 0 Å². The van der Waals surface area contributed by atoms with E-state index in [-0.39, 0.29) is 5.78 Å². The van der Waals surface area contributed by atoms with Crippen LogP contribution in [0.3, 0.4) is 0 Å². The van der Waals surface area contributed by atoms with Gasteiger partial charge in [0.25, 0.3) is 0 Å². The van der Waals surface area contributed by atoms with E-state index < -0.39 is 0 Å². The van der Waals surface area contributed by atoms with Gasteiger partial charge in [0.2, 0.25) is 0 Å². The van der Waals surface area contributed by atoms with Crippen molar-refractivity contribution < 1.29 is 9.53 Å². The van der Waals surface area contributed by atoms with Crippen LogP contribution in [0.15, 0.2) is 18.2 Å². The maximum absolute atomic E-state index is 11.5. The summed E-state index contributed by atoms with van der Waals surface area (Å²) in [4.78, 5) is 14.8. The van der Waals surface area contributed by atoms with E-state index in [1.807, 2.05) is 32.0 Å². The van der Waals surface area contributed by atoms with Crippen LogP contribution in [0.25, 0.3) is 10.9 Å². The third-order valence-corrected chi connectivity index (χ3v) is 2.62. The van der Waals surface area contributed by atoms with Crippen molar-refractivity contribution in [2.75, 3.05) is 6.61 Å². The minimum absolute atomic E-state index is 0.0809. The van der Waals surface area contributed by atoms with Crippen LogP contribution in [0.1, 0.15) is 29.9 Å². The predicted octanol–water partition coefficient (Wildman–Crippen LogP) is 3.08. The first-order valence-corrected chi connectivity index (χ1v) is 5.39. The topological polar surface area (TPSA) is 42.1 Å². The van der Waals surface area contributed by atoms with E-state index in [0.717, 1.165) is 27.9 Å². The molecular formula is C13H15NO2. The first-order valence-electron chi connectivity index (χ1n) is 5.39. The summed E-state index contributed by atoms with van der Waals surface area (Å²) in [5.74, 6) is 0.883. The van der Waals surface area contributed by atoms with Crippen molar-refractivity contribution in [2.45, 2.75) is 20.8 Å². The molecule has 0 aliphatic heterocycles. The summed E-state index contributed by atoms with van der Waals surface area (Å²) in [6.07, 6.45) is 0. The van der Waals surface area contributed by atoms with Gasteiger partial charge >= 0.3 is 0 Å². The highest BCUT2D eigenvalue weighted by atomic mass is 16.5. The number of carbonyl (C=O) groups excluding carboxylic acids is 1. The fraction of sp³-hybridized carbons (Fsp3) is 0.308. The smallest absolute Gasteiger partial charge is 0.162 e. The second-order valence-corrected chi connectivity index (χ2v) is 3.82. The molecule has 3 heteroatoms. The van der Waals surface area contributed by atoms with Gasteiger partial charge in [-0.1, -0.05) is 0 Å². The highest BCUT2D eigenvalue weighted by Gasteiger charge is 2.12. The Labute approximate surface area is 94.4 Å². The van der Waals surface area contributed by atoms with Crippen molar-refractivity contribution in [3.63, 3.8) is 0 Å². The van der Waals surface area contributed by atoms with Crippen LogP contribution >= 0.6 is 0 Å². The van der Waals surface area contributed by atoms with E-state index in [1.165, 1.54) is 0 Å². The number of H-pyrrole nitrogens is 1. The van der Waals surface area contributed by atoms with Crippen LogP contribution in [0.5, 0.6) is 5.75 Å². The SMILES string of the molecule is CCOc1ccc2[nH]c(C)c(C(C)=O)c2c1. The quantitative estimate of drug-likeness (QED) is 0.803. The van der Waals surface area contributed by atoms with Crippen molar-refractivity contribution in [3.8, 4) is 5.75 Å². The number of carbonyl (C=O) groups is 1. The number of Topliss-reactive ketones (excluding diaryl/α,β-unsaturated/α-hetero) is 1. The van der Waals surface area contributed by atoms with Gasteiger partial charge in [-0.2, -0.15) is 0 Å². The van der Waals surface area contributed by atoms with Gasteiger partial charge in [-0.3, -0.25) is 4.79 Å². The number of aryl methyl sites for hydroxylation is 1. The first-order chi connectivity index (χ1) is 7.63. The Hall–Kier alpha value is -1.77. The molecule has 0 atom stereocenters. The van der Waals surface area contributed by atoms with E-state index in [4.69, 9.17) is 4.74 Å². The fourth-order valence-electron chi connectivity index (χ4n) is 2.02. The molecule has 2 aromatic rings. The van der Waals surface area contributed by atoms with Gasteiger partial charge in [0, 0.05) is 22.2 Å². The Morgan fingerprint density at radius 1 is 1.44 bits per heavy atom. The molecule has 0 spiro atoms. The normalized spacial score (nSPS) is 10.7. The second-order valence-electron chi connectivity index (χ2n) is 3.82. The molecule has 0 aliphatic rings. The molecule has 0 bridgehead atoms. The van der Waals surface area contributed by atoms with Crippen LogP contribution < -0.4 is 4.74 Å². The molecule has 3 nitrogen and oxygen atoms in total.